The lowest BCUT2D eigenvalue weighted by Gasteiger charge is -2.23. The molecule has 0 aromatic heterocycles. The average Bonchev–Trinajstić information content (AvgIpc) is 2.64. The first-order chi connectivity index (χ1) is 12.8. The Morgan fingerprint density at radius 1 is 1.22 bits per heavy atom. The maximum absolute atomic E-state index is 13.4. The Balaban J connectivity index is 2.05. The van der Waals surface area contributed by atoms with Crippen molar-refractivity contribution in [2.75, 3.05) is 30.4 Å². The molecule has 9 heteroatoms. The van der Waals surface area contributed by atoms with Crippen LogP contribution in [0.2, 0.25) is 0 Å². The molecular formula is C18H19F2N3O4. The summed E-state index contributed by atoms with van der Waals surface area (Å²) in [5, 5.41) is 13.5. The van der Waals surface area contributed by atoms with Gasteiger partial charge in [0, 0.05) is 43.4 Å². The summed E-state index contributed by atoms with van der Waals surface area (Å²) in [6, 6.07) is 7.42. The van der Waals surface area contributed by atoms with E-state index in [4.69, 9.17) is 4.74 Å². The molecule has 144 valence electrons. The second-order valence-electron chi connectivity index (χ2n) is 5.62. The number of nitro groups is 1. The second-order valence-corrected chi connectivity index (χ2v) is 5.62. The van der Waals surface area contributed by atoms with Gasteiger partial charge in [0.1, 0.15) is 5.75 Å². The quantitative estimate of drug-likeness (QED) is 0.558. The predicted molar refractivity (Wildman–Crippen MR) is 97.1 cm³/mol. The highest BCUT2D eigenvalue weighted by Crippen LogP contribution is 2.29. The van der Waals surface area contributed by atoms with E-state index < -0.39 is 22.5 Å². The minimum Gasteiger partial charge on any atom is -0.495 e. The molecule has 0 spiro atoms. The first-order valence-corrected chi connectivity index (χ1v) is 8.18. The van der Waals surface area contributed by atoms with Crippen LogP contribution in [-0.2, 0) is 4.79 Å². The first-order valence-electron chi connectivity index (χ1n) is 8.18. The number of ether oxygens (including phenoxy) is 1. The summed E-state index contributed by atoms with van der Waals surface area (Å²) in [6.45, 7) is 2.56. The maximum atomic E-state index is 13.4. The van der Waals surface area contributed by atoms with Gasteiger partial charge in [-0.1, -0.05) is 0 Å². The van der Waals surface area contributed by atoms with Crippen molar-refractivity contribution in [3.8, 4) is 5.75 Å². The molecule has 27 heavy (non-hydrogen) atoms. The normalized spacial score (nSPS) is 10.4. The number of nitro benzene ring substituents is 1. The summed E-state index contributed by atoms with van der Waals surface area (Å²) >= 11 is 0. The van der Waals surface area contributed by atoms with Gasteiger partial charge in [0.2, 0.25) is 5.91 Å². The fourth-order valence-electron chi connectivity index (χ4n) is 2.51. The summed E-state index contributed by atoms with van der Waals surface area (Å²) in [7, 11) is 1.39. The van der Waals surface area contributed by atoms with Crippen molar-refractivity contribution in [1.29, 1.82) is 0 Å². The van der Waals surface area contributed by atoms with Gasteiger partial charge in [-0.15, -0.1) is 0 Å². The smallest absolute Gasteiger partial charge is 0.271 e. The van der Waals surface area contributed by atoms with Crippen molar-refractivity contribution in [1.82, 2.24) is 0 Å². The molecule has 7 nitrogen and oxygen atoms in total. The van der Waals surface area contributed by atoms with Gasteiger partial charge in [0.05, 0.1) is 17.7 Å². The number of non-ortho nitro benzene ring substituents is 1. The van der Waals surface area contributed by atoms with Crippen LogP contribution in [0.5, 0.6) is 5.75 Å². The van der Waals surface area contributed by atoms with Crippen molar-refractivity contribution < 1.29 is 23.2 Å². The second kappa shape index (κ2) is 8.93. The average molecular weight is 379 g/mol. The molecular weight excluding hydrogens is 360 g/mol. The van der Waals surface area contributed by atoms with Crippen molar-refractivity contribution in [3.05, 3.63) is 58.1 Å². The largest absolute Gasteiger partial charge is 0.495 e. The van der Waals surface area contributed by atoms with Gasteiger partial charge in [-0.2, -0.15) is 0 Å². The topological polar surface area (TPSA) is 84.7 Å². The van der Waals surface area contributed by atoms with E-state index in [1.54, 1.807) is 4.90 Å². The van der Waals surface area contributed by atoms with E-state index in [1.807, 2.05) is 6.92 Å². The summed E-state index contributed by atoms with van der Waals surface area (Å²) in [4.78, 5) is 24.3. The molecule has 1 N–H and O–H groups in total. The lowest BCUT2D eigenvalue weighted by atomic mass is 10.2. The number of amides is 1. The van der Waals surface area contributed by atoms with Crippen LogP contribution in [0.1, 0.15) is 13.3 Å². The Labute approximate surface area is 154 Å². The molecule has 0 heterocycles. The Morgan fingerprint density at radius 3 is 2.56 bits per heavy atom. The zero-order valence-electron chi connectivity index (χ0n) is 14.9. The number of hydrogen-bond donors (Lipinski definition) is 1. The SMILES string of the molecule is CCN(CCC(=O)Nc1cc([N+](=O)[O-])ccc1OC)c1ccc(F)c(F)c1. The number of nitrogens with one attached hydrogen (secondary N) is 1. The molecule has 0 aliphatic heterocycles. The molecule has 2 aromatic carbocycles. The molecule has 0 bridgehead atoms. The van der Waals surface area contributed by atoms with Crippen molar-refractivity contribution in [2.45, 2.75) is 13.3 Å². The molecule has 0 atom stereocenters. The standard InChI is InChI=1S/C18H19F2N3O4/c1-3-22(12-4-6-14(19)15(20)10-12)9-8-18(24)21-16-11-13(23(25)26)5-7-17(16)27-2/h4-7,10-11H,3,8-9H2,1-2H3,(H,21,24). The zero-order valence-corrected chi connectivity index (χ0v) is 14.9. The Hall–Kier alpha value is -3.23. The van der Waals surface area contributed by atoms with Crippen molar-refractivity contribution >= 4 is 23.0 Å². The zero-order chi connectivity index (χ0) is 20.0. The van der Waals surface area contributed by atoms with E-state index >= 15 is 0 Å². The van der Waals surface area contributed by atoms with E-state index in [0.717, 1.165) is 12.1 Å². The van der Waals surface area contributed by atoms with Gasteiger partial charge in [-0.25, -0.2) is 8.78 Å². The Kier molecular flexibility index (Phi) is 6.64. The predicted octanol–water partition coefficient (Wildman–Crippen LogP) is 3.74. The number of methoxy groups -OCH3 is 1. The van der Waals surface area contributed by atoms with Crippen molar-refractivity contribution in [3.63, 3.8) is 0 Å². The minimum atomic E-state index is -0.961. The third kappa shape index (κ3) is 5.13. The number of rotatable bonds is 8. The third-order valence-electron chi connectivity index (χ3n) is 3.93. The van der Waals surface area contributed by atoms with E-state index in [2.05, 4.69) is 5.32 Å². The summed E-state index contributed by atoms with van der Waals surface area (Å²) in [5.41, 5.74) is 0.466. The Morgan fingerprint density at radius 2 is 1.96 bits per heavy atom. The van der Waals surface area contributed by atoms with Gasteiger partial charge in [-0.05, 0) is 25.1 Å². The first kappa shape index (κ1) is 20.1. The summed E-state index contributed by atoms with van der Waals surface area (Å²) < 4.78 is 31.6. The van der Waals surface area contributed by atoms with Crippen LogP contribution in [-0.4, -0.2) is 31.0 Å². The maximum Gasteiger partial charge on any atom is 0.271 e. The summed E-state index contributed by atoms with van der Waals surface area (Å²) in [6.07, 6.45) is 0.0404. The number of halogens is 2. The van der Waals surface area contributed by atoms with Crippen LogP contribution in [0, 0.1) is 21.7 Å². The van der Waals surface area contributed by atoms with Gasteiger partial charge in [0.15, 0.2) is 11.6 Å². The monoisotopic (exact) mass is 379 g/mol. The molecule has 2 rings (SSSR count). The highest BCUT2D eigenvalue weighted by Gasteiger charge is 2.15. The molecule has 0 fully saturated rings. The number of hydrogen-bond acceptors (Lipinski definition) is 5. The van der Waals surface area contributed by atoms with Crippen LogP contribution >= 0.6 is 0 Å². The lowest BCUT2D eigenvalue weighted by molar-refractivity contribution is -0.384. The number of carbonyl (C=O) groups excluding carboxylic acids is 1. The fourth-order valence-corrected chi connectivity index (χ4v) is 2.51. The molecule has 0 saturated carbocycles. The van der Waals surface area contributed by atoms with E-state index in [9.17, 15) is 23.7 Å². The Bertz CT molecular complexity index is 845. The van der Waals surface area contributed by atoms with E-state index in [0.29, 0.717) is 18.0 Å². The van der Waals surface area contributed by atoms with Crippen LogP contribution in [0.25, 0.3) is 0 Å². The van der Waals surface area contributed by atoms with Crippen LogP contribution < -0.4 is 15.0 Å². The van der Waals surface area contributed by atoms with Gasteiger partial charge < -0.3 is 15.0 Å². The molecule has 0 saturated heterocycles. The van der Waals surface area contributed by atoms with Crippen LogP contribution in [0.3, 0.4) is 0 Å². The van der Waals surface area contributed by atoms with Crippen molar-refractivity contribution in [2.24, 2.45) is 0 Å². The van der Waals surface area contributed by atoms with Crippen LogP contribution in [0.4, 0.5) is 25.8 Å². The molecule has 0 aliphatic carbocycles. The number of carbonyl (C=O) groups is 1. The van der Waals surface area contributed by atoms with E-state index in [-0.39, 0.29) is 24.3 Å². The third-order valence-corrected chi connectivity index (χ3v) is 3.93. The molecule has 0 aliphatic rings. The van der Waals surface area contributed by atoms with Gasteiger partial charge in [-0.3, -0.25) is 14.9 Å². The molecule has 0 radical (unpaired) electrons. The molecule has 0 unspecified atom stereocenters. The molecule has 1 amide bonds. The minimum absolute atomic E-state index is 0.0404. The number of anilines is 2. The highest BCUT2D eigenvalue weighted by atomic mass is 19.2. The van der Waals surface area contributed by atoms with Gasteiger partial charge >= 0.3 is 0 Å². The van der Waals surface area contributed by atoms with E-state index in [1.165, 1.54) is 31.4 Å². The summed E-state index contributed by atoms with van der Waals surface area (Å²) in [5.74, 6) is -2.00. The van der Waals surface area contributed by atoms with Gasteiger partial charge in [0.25, 0.3) is 5.69 Å². The highest BCUT2D eigenvalue weighted by molar-refractivity contribution is 5.93. The number of nitrogens with zero attached hydrogens (tertiary/aromatic N) is 2. The number of benzene rings is 2. The lowest BCUT2D eigenvalue weighted by Crippen LogP contribution is -2.27. The molecule has 2 aromatic rings. The van der Waals surface area contributed by atoms with Crippen LogP contribution in [0.15, 0.2) is 36.4 Å². The fraction of sp³-hybridized carbons (Fsp3) is 0.278.